The average molecular weight is 915 g/mol. The molecule has 1 aliphatic heterocycles. The number of rotatable bonds is 9. The van der Waals surface area contributed by atoms with Crippen LogP contribution in [0.2, 0.25) is 5.02 Å². The number of methoxy groups -OCH3 is 1. The van der Waals surface area contributed by atoms with E-state index in [1.165, 1.54) is 65.9 Å². The number of anilines is 2. The van der Waals surface area contributed by atoms with Gasteiger partial charge < -0.3 is 29.8 Å². The van der Waals surface area contributed by atoms with Gasteiger partial charge in [-0.3, -0.25) is 14.5 Å². The molecule has 0 aliphatic carbocycles. The number of ether oxygens (including phenoxy) is 1. The molecule has 3 aromatic carbocycles. The van der Waals surface area contributed by atoms with Gasteiger partial charge in [0, 0.05) is 67.2 Å². The maximum absolute atomic E-state index is 15.1. The molecule has 1 aliphatic rings. The number of aromatic nitrogens is 5. The Labute approximate surface area is 366 Å². The number of carbonyl (C=O) groups is 3. The van der Waals surface area contributed by atoms with Crippen LogP contribution in [-0.2, 0) is 40.0 Å². The molecule has 4 aromatic heterocycles. The van der Waals surface area contributed by atoms with E-state index in [0.29, 0.717) is 28.0 Å². The van der Waals surface area contributed by atoms with Crippen molar-refractivity contribution in [1.82, 2.24) is 34.3 Å². The minimum Gasteiger partial charge on any atom is -0.468 e. The van der Waals surface area contributed by atoms with Crippen molar-refractivity contribution in [1.29, 1.82) is 0 Å². The molecule has 2 amide bonds. The first-order chi connectivity index (χ1) is 29.1. The predicted octanol–water partition coefficient (Wildman–Crippen LogP) is 8.27. The highest BCUT2D eigenvalue weighted by molar-refractivity contribution is 7.10. The van der Waals surface area contributed by atoms with E-state index in [0.717, 1.165) is 35.8 Å². The molecule has 0 saturated heterocycles. The highest BCUT2D eigenvalue weighted by Gasteiger charge is 2.37. The summed E-state index contributed by atoms with van der Waals surface area (Å²) in [5.41, 5.74) is 6.45. The van der Waals surface area contributed by atoms with Crippen molar-refractivity contribution in [3.8, 4) is 11.4 Å². The van der Waals surface area contributed by atoms with E-state index in [2.05, 4.69) is 36.9 Å². The molecule has 0 unspecified atom stereocenters. The Morgan fingerprint density at radius 1 is 1.08 bits per heavy atom. The van der Waals surface area contributed by atoms with Crippen molar-refractivity contribution in [2.75, 3.05) is 31.8 Å². The van der Waals surface area contributed by atoms with Crippen LogP contribution in [0.1, 0.15) is 51.0 Å². The number of nitrogens with one attached hydrogen (secondary N) is 1. The second-order valence-corrected chi connectivity index (χ2v) is 15.2. The smallest absolute Gasteiger partial charge is 0.435 e. The lowest BCUT2D eigenvalue weighted by Gasteiger charge is -2.33. The van der Waals surface area contributed by atoms with Gasteiger partial charge in [-0.25, -0.2) is 18.9 Å². The van der Waals surface area contributed by atoms with Gasteiger partial charge in [-0.1, -0.05) is 35.0 Å². The fourth-order valence-corrected chi connectivity index (χ4v) is 7.81. The first kappa shape index (κ1) is 45.3. The van der Waals surface area contributed by atoms with E-state index in [1.54, 1.807) is 29.1 Å². The highest BCUT2D eigenvalue weighted by Crippen LogP contribution is 2.35. The van der Waals surface area contributed by atoms with Crippen molar-refractivity contribution >= 4 is 75.6 Å². The van der Waals surface area contributed by atoms with Crippen LogP contribution in [0.3, 0.4) is 0 Å². The molecule has 1 atom stereocenters. The third-order valence-corrected chi connectivity index (χ3v) is 11.3. The number of carbonyl (C=O) groups excluding carboxylic acids is 3. The number of hydrogen-bond donors (Lipinski definition) is 2. The summed E-state index contributed by atoms with van der Waals surface area (Å²) in [5, 5.41) is 12.5. The summed E-state index contributed by atoms with van der Waals surface area (Å²) in [5.74, 6) is -1.88. The molecule has 8 rings (SSSR count). The number of hydrogen-bond acceptors (Lipinski definition) is 11. The minimum atomic E-state index is -4.85. The second kappa shape index (κ2) is 18.8. The summed E-state index contributed by atoms with van der Waals surface area (Å²) in [7, 11) is 3.01. The van der Waals surface area contributed by atoms with E-state index in [4.69, 9.17) is 26.6 Å². The van der Waals surface area contributed by atoms with Gasteiger partial charge in [-0.05, 0) is 65.4 Å². The van der Waals surface area contributed by atoms with Crippen molar-refractivity contribution in [2.45, 2.75) is 38.7 Å². The molecule has 324 valence electrons. The van der Waals surface area contributed by atoms with Crippen molar-refractivity contribution in [2.24, 2.45) is 0 Å². The molecular weight excluding hydrogens is 877 g/mol. The monoisotopic (exact) mass is 913 g/mol. The number of alkyl halides is 3. The van der Waals surface area contributed by atoms with E-state index < -0.39 is 35.3 Å². The molecule has 5 heterocycles. The van der Waals surface area contributed by atoms with E-state index in [1.807, 2.05) is 24.3 Å². The van der Waals surface area contributed by atoms with Crippen LogP contribution in [0.5, 0.6) is 0 Å². The summed E-state index contributed by atoms with van der Waals surface area (Å²) < 4.78 is 68.0. The van der Waals surface area contributed by atoms with Crippen LogP contribution >= 0.6 is 35.3 Å². The van der Waals surface area contributed by atoms with Crippen LogP contribution in [0.4, 0.5) is 29.1 Å². The maximum Gasteiger partial charge on any atom is 0.435 e. The molecule has 14 nitrogen and oxygen atoms in total. The van der Waals surface area contributed by atoms with Crippen molar-refractivity contribution in [3.05, 3.63) is 135 Å². The Morgan fingerprint density at radius 3 is 2.55 bits per heavy atom. The Bertz CT molecular complexity index is 2750. The van der Waals surface area contributed by atoms with Crippen LogP contribution < -0.4 is 11.1 Å². The molecule has 0 fully saturated rings. The molecular formula is C41H37Cl2F4N9O5S. The number of halogens is 6. The second-order valence-electron chi connectivity index (χ2n) is 13.8. The van der Waals surface area contributed by atoms with Crippen molar-refractivity contribution in [3.63, 3.8) is 0 Å². The van der Waals surface area contributed by atoms with Crippen LogP contribution in [0, 0.1) is 5.82 Å². The first-order valence-electron chi connectivity index (χ1n) is 18.4. The topological polar surface area (TPSA) is 167 Å². The maximum atomic E-state index is 15.1. The van der Waals surface area contributed by atoms with Gasteiger partial charge in [0.15, 0.2) is 17.1 Å². The summed E-state index contributed by atoms with van der Waals surface area (Å²) in [6, 6.07) is 17.7. The summed E-state index contributed by atoms with van der Waals surface area (Å²) in [6.07, 6.45) is -0.828. The lowest BCUT2D eigenvalue weighted by atomic mass is 10.0. The largest absolute Gasteiger partial charge is 0.468 e. The third kappa shape index (κ3) is 9.60. The first-order valence-corrected chi connectivity index (χ1v) is 19.7. The van der Waals surface area contributed by atoms with Gasteiger partial charge in [0.05, 0.1) is 30.4 Å². The Balaban J connectivity index is 0.000000245. The van der Waals surface area contributed by atoms with Crippen LogP contribution in [0.25, 0.3) is 22.3 Å². The van der Waals surface area contributed by atoms with E-state index in [9.17, 15) is 27.6 Å². The normalized spacial score (nSPS) is 13.0. The fourth-order valence-electron chi connectivity index (χ4n) is 6.68. The number of esters is 1. The van der Waals surface area contributed by atoms with E-state index >= 15 is 4.39 Å². The summed E-state index contributed by atoms with van der Waals surface area (Å²) >= 11 is 8.07. The molecule has 0 radical (unpaired) electrons. The molecule has 3 N–H and O–H groups in total. The number of fused-ring (bicyclic) bond motifs is 2. The van der Waals surface area contributed by atoms with Gasteiger partial charge in [0.25, 0.3) is 5.91 Å². The third-order valence-electron chi connectivity index (χ3n) is 9.90. The minimum absolute atomic E-state index is 0. The molecule has 7 aromatic rings. The van der Waals surface area contributed by atoms with Crippen molar-refractivity contribution < 1.29 is 41.2 Å². The number of benzene rings is 3. The SMILES string of the molecule is CC(=O)N(C)Cc1nccn1-c1ccc(NC(=O)c2cc(C(F)(F)F)nn2-c2ccc3onc(N)c3c2)c(F)c1.COC(=O)[C@H](c1ccccc1Cl)N1CCc2sccc2C1.Cl. The summed E-state index contributed by atoms with van der Waals surface area (Å²) in [4.78, 5) is 46.2. The Kier molecular flexibility index (Phi) is 13.7. The van der Waals surface area contributed by atoms with Gasteiger partial charge >= 0.3 is 12.1 Å². The number of nitrogens with two attached hydrogens (primary N) is 1. The van der Waals surface area contributed by atoms with Gasteiger partial charge in [0.2, 0.25) is 5.91 Å². The quantitative estimate of drug-likeness (QED) is 0.106. The number of imidazole rings is 1. The van der Waals surface area contributed by atoms with Gasteiger partial charge in [-0.2, -0.15) is 18.3 Å². The Hall–Kier alpha value is -6.28. The standard InChI is InChI=1S/C25H20F4N8O3.C16H16ClNO2S.ClH/c1-13(38)35(2)12-22-31-7-8-36(22)14-3-5-18(17(26)10-14)32-24(39)19-11-21(25(27,28)29)33-37(19)15-4-6-20-16(9-15)23(30)34-40-20;1-20-16(19)15(12-4-2-3-5-13(12)17)18-8-6-14-11(10-18)7-9-21-14;/h3-11H,12H2,1-2H3,(H2,30,34)(H,32,39);2-5,7,9,15H,6,8,10H2,1H3;1H/t;15-;/m.0./s1. The van der Waals surface area contributed by atoms with Gasteiger partial charge in [-0.15, -0.1) is 23.7 Å². The lowest BCUT2D eigenvalue weighted by Crippen LogP contribution is -2.38. The Morgan fingerprint density at radius 2 is 1.84 bits per heavy atom. The lowest BCUT2D eigenvalue weighted by molar-refractivity contribution is -0.147. The molecule has 0 bridgehead atoms. The molecule has 0 spiro atoms. The van der Waals surface area contributed by atoms with Gasteiger partial charge in [0.1, 0.15) is 23.4 Å². The number of nitrogens with zero attached hydrogens (tertiary/aromatic N) is 7. The fraction of sp³-hybridized carbons (Fsp3) is 0.220. The number of nitrogen functional groups attached to an aromatic ring is 1. The predicted molar refractivity (Wildman–Crippen MR) is 226 cm³/mol. The van der Waals surface area contributed by atoms with E-state index in [-0.39, 0.29) is 53.6 Å². The summed E-state index contributed by atoms with van der Waals surface area (Å²) in [6.45, 7) is 3.15. The highest BCUT2D eigenvalue weighted by atomic mass is 35.5. The number of thiophene rings is 1. The average Bonchev–Trinajstić information content (AvgIpc) is 4.06. The zero-order chi connectivity index (χ0) is 43.6. The van der Waals surface area contributed by atoms with Crippen LogP contribution in [-0.4, -0.2) is 72.8 Å². The molecule has 21 heteroatoms. The zero-order valence-corrected chi connectivity index (χ0v) is 35.4. The zero-order valence-electron chi connectivity index (χ0n) is 33.0. The van der Waals surface area contributed by atoms with Crippen LogP contribution in [0.15, 0.2) is 95.1 Å². The molecule has 62 heavy (non-hydrogen) atoms. The molecule has 0 saturated carbocycles. The number of amides is 2.